The van der Waals surface area contributed by atoms with Crippen LogP contribution in [-0.2, 0) is 24.3 Å². The molecule has 2 aromatic carbocycles. The van der Waals surface area contributed by atoms with Gasteiger partial charge in [-0.25, -0.2) is 13.2 Å². The van der Waals surface area contributed by atoms with Gasteiger partial charge in [0.25, 0.3) is 5.91 Å². The molecule has 1 aliphatic heterocycles. The monoisotopic (exact) mass is 486 g/mol. The van der Waals surface area contributed by atoms with E-state index in [2.05, 4.69) is 5.32 Å². The lowest BCUT2D eigenvalue weighted by Gasteiger charge is -2.26. The molecule has 1 saturated heterocycles. The van der Waals surface area contributed by atoms with Crippen molar-refractivity contribution in [2.45, 2.75) is 11.8 Å². The predicted octanol–water partition coefficient (Wildman–Crippen LogP) is 3.12. The van der Waals surface area contributed by atoms with Gasteiger partial charge in [-0.1, -0.05) is 29.3 Å². The van der Waals surface area contributed by atoms with Crippen molar-refractivity contribution in [2.75, 3.05) is 38.2 Å². The maximum atomic E-state index is 12.9. The minimum absolute atomic E-state index is 0.0952. The zero-order valence-electron chi connectivity index (χ0n) is 16.6. The van der Waals surface area contributed by atoms with Crippen LogP contribution in [0.1, 0.15) is 15.9 Å². The average molecular weight is 487 g/mol. The Labute approximate surface area is 190 Å². The van der Waals surface area contributed by atoms with E-state index in [4.69, 9.17) is 32.7 Å². The molecular weight excluding hydrogens is 467 g/mol. The summed E-state index contributed by atoms with van der Waals surface area (Å²) in [5, 5.41) is 3.06. The third kappa shape index (κ3) is 5.96. The van der Waals surface area contributed by atoms with Crippen LogP contribution in [0.15, 0.2) is 41.3 Å². The van der Waals surface area contributed by atoms with Gasteiger partial charge in [0.05, 0.1) is 23.7 Å². The van der Waals surface area contributed by atoms with Crippen LogP contribution in [-0.4, -0.2) is 57.5 Å². The number of carbonyl (C=O) groups excluding carboxylic acids is 2. The molecule has 0 unspecified atom stereocenters. The second kappa shape index (κ2) is 9.97. The van der Waals surface area contributed by atoms with Crippen molar-refractivity contribution in [3.8, 4) is 0 Å². The van der Waals surface area contributed by atoms with E-state index in [-0.39, 0.29) is 39.3 Å². The molecule has 1 heterocycles. The van der Waals surface area contributed by atoms with Gasteiger partial charge in [-0.3, -0.25) is 4.79 Å². The number of morpholine rings is 1. The second-order valence-corrected chi connectivity index (χ2v) is 9.56. The third-order valence-corrected chi connectivity index (χ3v) is 6.97. The fourth-order valence-corrected chi connectivity index (χ4v) is 5.15. The summed E-state index contributed by atoms with van der Waals surface area (Å²) in [5.74, 6) is -1.39. The first kappa shape index (κ1) is 23.5. The second-order valence-electron chi connectivity index (χ2n) is 6.78. The van der Waals surface area contributed by atoms with Gasteiger partial charge in [-0.05, 0) is 42.8 Å². The molecule has 0 atom stereocenters. The number of anilines is 1. The van der Waals surface area contributed by atoms with E-state index in [1.807, 2.05) is 0 Å². The van der Waals surface area contributed by atoms with Gasteiger partial charge in [0.15, 0.2) is 6.61 Å². The van der Waals surface area contributed by atoms with Crippen molar-refractivity contribution in [1.82, 2.24) is 4.31 Å². The first-order chi connectivity index (χ1) is 14.7. The van der Waals surface area contributed by atoms with E-state index < -0.39 is 28.5 Å². The largest absolute Gasteiger partial charge is 0.452 e. The van der Waals surface area contributed by atoms with Crippen LogP contribution < -0.4 is 5.32 Å². The number of benzene rings is 2. The number of hydrogen-bond acceptors (Lipinski definition) is 6. The molecule has 1 aliphatic rings. The fraction of sp³-hybridized carbons (Fsp3) is 0.300. The molecule has 11 heteroatoms. The normalized spacial score (nSPS) is 14.8. The Hall–Kier alpha value is -2.17. The summed E-state index contributed by atoms with van der Waals surface area (Å²) >= 11 is 11.7. The highest BCUT2D eigenvalue weighted by Crippen LogP contribution is 2.24. The Morgan fingerprint density at radius 1 is 1.10 bits per heavy atom. The number of halogens is 2. The number of aryl methyl sites for hydroxylation is 1. The lowest BCUT2D eigenvalue weighted by atomic mass is 10.2. The molecule has 0 aliphatic carbocycles. The van der Waals surface area contributed by atoms with Gasteiger partial charge in [0, 0.05) is 28.8 Å². The highest BCUT2D eigenvalue weighted by Gasteiger charge is 2.28. The van der Waals surface area contributed by atoms with Gasteiger partial charge < -0.3 is 14.8 Å². The number of ether oxygens (including phenoxy) is 2. The van der Waals surface area contributed by atoms with Crippen molar-refractivity contribution in [1.29, 1.82) is 0 Å². The first-order valence-electron chi connectivity index (χ1n) is 9.28. The summed E-state index contributed by atoms with van der Waals surface area (Å²) in [6.45, 7) is 2.30. The quantitative estimate of drug-likeness (QED) is 0.629. The molecule has 31 heavy (non-hydrogen) atoms. The van der Waals surface area contributed by atoms with Crippen molar-refractivity contribution in [2.24, 2.45) is 0 Å². The number of amides is 1. The molecule has 0 bridgehead atoms. The maximum absolute atomic E-state index is 12.9. The number of hydrogen-bond donors (Lipinski definition) is 1. The highest BCUT2D eigenvalue weighted by molar-refractivity contribution is 7.89. The van der Waals surface area contributed by atoms with Crippen molar-refractivity contribution < 1.29 is 27.5 Å². The molecule has 0 saturated carbocycles. The Bertz CT molecular complexity index is 1080. The van der Waals surface area contributed by atoms with E-state index in [9.17, 15) is 18.0 Å². The number of sulfonamides is 1. The molecule has 1 N–H and O–H groups in total. The highest BCUT2D eigenvalue weighted by atomic mass is 35.5. The summed E-state index contributed by atoms with van der Waals surface area (Å²) in [7, 11) is -3.73. The van der Waals surface area contributed by atoms with Crippen molar-refractivity contribution in [3.63, 3.8) is 0 Å². The van der Waals surface area contributed by atoms with Crippen LogP contribution in [0.2, 0.25) is 10.0 Å². The van der Waals surface area contributed by atoms with Crippen LogP contribution in [0.5, 0.6) is 0 Å². The number of nitrogens with zero attached hydrogens (tertiary/aromatic N) is 1. The predicted molar refractivity (Wildman–Crippen MR) is 116 cm³/mol. The van der Waals surface area contributed by atoms with E-state index in [1.54, 1.807) is 19.1 Å². The SMILES string of the molecule is Cc1ccc(NC(=O)COC(=O)c2cc(Cl)cc(Cl)c2)cc1S(=O)(=O)N1CCOCC1. The number of nitrogens with one attached hydrogen (secondary N) is 1. The molecule has 1 amide bonds. The van der Waals surface area contributed by atoms with E-state index in [0.29, 0.717) is 18.8 Å². The zero-order valence-corrected chi connectivity index (χ0v) is 18.9. The topological polar surface area (TPSA) is 102 Å². The fourth-order valence-electron chi connectivity index (χ4n) is 2.96. The van der Waals surface area contributed by atoms with Crippen LogP contribution in [0.25, 0.3) is 0 Å². The number of rotatable bonds is 6. The average Bonchev–Trinajstić information content (AvgIpc) is 2.73. The maximum Gasteiger partial charge on any atom is 0.338 e. The summed E-state index contributed by atoms with van der Waals surface area (Å²) in [4.78, 5) is 24.4. The van der Waals surface area contributed by atoms with E-state index in [0.717, 1.165) is 0 Å². The van der Waals surface area contributed by atoms with Gasteiger partial charge in [0.2, 0.25) is 10.0 Å². The molecule has 1 fully saturated rings. The Morgan fingerprint density at radius 3 is 2.39 bits per heavy atom. The first-order valence-corrected chi connectivity index (χ1v) is 11.5. The van der Waals surface area contributed by atoms with Crippen LogP contribution in [0.3, 0.4) is 0 Å². The zero-order chi connectivity index (χ0) is 22.6. The van der Waals surface area contributed by atoms with Gasteiger partial charge in [-0.15, -0.1) is 0 Å². The molecule has 2 aromatic rings. The van der Waals surface area contributed by atoms with Gasteiger partial charge >= 0.3 is 5.97 Å². The summed E-state index contributed by atoms with van der Waals surface area (Å²) in [6, 6.07) is 8.77. The standard InChI is InChI=1S/C20H20Cl2N2O6S/c1-13-2-3-17(11-18(13)31(27,28)24-4-6-29-7-5-24)23-19(25)12-30-20(26)14-8-15(21)10-16(22)9-14/h2-3,8-11H,4-7,12H2,1H3,(H,23,25). The van der Waals surface area contributed by atoms with Crippen molar-refractivity contribution in [3.05, 3.63) is 57.6 Å². The number of carbonyl (C=O) groups is 2. The lowest BCUT2D eigenvalue weighted by molar-refractivity contribution is -0.119. The molecule has 0 spiro atoms. The smallest absolute Gasteiger partial charge is 0.338 e. The molecule has 0 aromatic heterocycles. The Balaban J connectivity index is 1.66. The molecule has 0 radical (unpaired) electrons. The van der Waals surface area contributed by atoms with Crippen LogP contribution >= 0.6 is 23.2 Å². The van der Waals surface area contributed by atoms with Crippen molar-refractivity contribution >= 4 is 50.8 Å². The number of esters is 1. The summed E-state index contributed by atoms with van der Waals surface area (Å²) in [5.41, 5.74) is 0.928. The molecule has 3 rings (SSSR count). The Morgan fingerprint density at radius 2 is 1.74 bits per heavy atom. The third-order valence-electron chi connectivity index (χ3n) is 4.49. The summed E-state index contributed by atoms with van der Waals surface area (Å²) < 4.78 is 37.4. The molecule has 8 nitrogen and oxygen atoms in total. The Kier molecular flexibility index (Phi) is 7.55. The minimum Gasteiger partial charge on any atom is -0.452 e. The van der Waals surface area contributed by atoms with Crippen LogP contribution in [0, 0.1) is 6.92 Å². The van der Waals surface area contributed by atoms with E-state index >= 15 is 0 Å². The molecule has 166 valence electrons. The van der Waals surface area contributed by atoms with Gasteiger partial charge in [-0.2, -0.15) is 4.31 Å². The van der Waals surface area contributed by atoms with Crippen LogP contribution in [0.4, 0.5) is 5.69 Å². The van der Waals surface area contributed by atoms with E-state index in [1.165, 1.54) is 28.6 Å². The van der Waals surface area contributed by atoms with Gasteiger partial charge in [0.1, 0.15) is 0 Å². The molecular formula is C20H20Cl2N2O6S. The summed E-state index contributed by atoms with van der Waals surface area (Å²) in [6.07, 6.45) is 0. The lowest BCUT2D eigenvalue weighted by Crippen LogP contribution is -2.40. The minimum atomic E-state index is -3.73.